The molecule has 166 valence electrons. The number of carbonyl (C=O) groups excluding carboxylic acids is 2. The molecule has 2 aliphatic rings. The van der Waals surface area contributed by atoms with Crippen molar-refractivity contribution in [3.8, 4) is 11.5 Å². The highest BCUT2D eigenvalue weighted by atomic mass is 16.5. The highest BCUT2D eigenvalue weighted by molar-refractivity contribution is 5.96. The summed E-state index contributed by atoms with van der Waals surface area (Å²) in [5.74, 6) is 1.36. The van der Waals surface area contributed by atoms with Gasteiger partial charge in [0.2, 0.25) is 5.91 Å². The van der Waals surface area contributed by atoms with Crippen LogP contribution < -0.4 is 9.47 Å². The minimum absolute atomic E-state index is 0.0434. The van der Waals surface area contributed by atoms with Crippen LogP contribution in [0.1, 0.15) is 76.8 Å². The molecule has 0 aromatic heterocycles. The first kappa shape index (κ1) is 22.4. The van der Waals surface area contributed by atoms with E-state index >= 15 is 0 Å². The van der Waals surface area contributed by atoms with Gasteiger partial charge < -0.3 is 19.3 Å². The van der Waals surface area contributed by atoms with Crippen molar-refractivity contribution in [1.29, 1.82) is 0 Å². The van der Waals surface area contributed by atoms with E-state index in [0.29, 0.717) is 24.7 Å². The van der Waals surface area contributed by atoms with Crippen molar-refractivity contribution in [2.75, 3.05) is 26.8 Å². The van der Waals surface area contributed by atoms with Gasteiger partial charge in [-0.3, -0.25) is 9.59 Å². The SMILES string of the molecule is CCCCN1C(=O)CN(C2CCCCC2)C(=O)[C@H]1c1ccc(OCCC)c(OC)c1. The molecule has 6 nitrogen and oxygen atoms in total. The zero-order chi connectivity index (χ0) is 21.5. The zero-order valence-corrected chi connectivity index (χ0v) is 18.7. The van der Waals surface area contributed by atoms with Crippen molar-refractivity contribution in [3.05, 3.63) is 23.8 Å². The summed E-state index contributed by atoms with van der Waals surface area (Å²) in [6, 6.07) is 5.23. The molecule has 3 rings (SSSR count). The van der Waals surface area contributed by atoms with Crippen LogP contribution >= 0.6 is 0 Å². The second-order valence-corrected chi connectivity index (χ2v) is 8.36. The van der Waals surface area contributed by atoms with Crippen molar-refractivity contribution in [1.82, 2.24) is 9.80 Å². The Bertz CT molecular complexity index is 730. The Morgan fingerprint density at radius 3 is 2.47 bits per heavy atom. The number of amides is 2. The number of methoxy groups -OCH3 is 1. The molecule has 1 aromatic carbocycles. The van der Waals surface area contributed by atoms with Gasteiger partial charge in [0.15, 0.2) is 11.5 Å². The number of carbonyl (C=O) groups is 2. The molecule has 6 heteroatoms. The van der Waals surface area contributed by atoms with Gasteiger partial charge in [0, 0.05) is 12.6 Å². The van der Waals surface area contributed by atoms with E-state index < -0.39 is 6.04 Å². The Balaban J connectivity index is 1.93. The topological polar surface area (TPSA) is 59.1 Å². The van der Waals surface area contributed by atoms with Crippen LogP contribution in [0.4, 0.5) is 0 Å². The van der Waals surface area contributed by atoms with Gasteiger partial charge in [0.1, 0.15) is 12.6 Å². The first-order valence-electron chi connectivity index (χ1n) is 11.5. The van der Waals surface area contributed by atoms with Gasteiger partial charge in [-0.1, -0.05) is 45.6 Å². The molecule has 1 saturated heterocycles. The summed E-state index contributed by atoms with van der Waals surface area (Å²) in [5.41, 5.74) is 0.797. The van der Waals surface area contributed by atoms with Gasteiger partial charge >= 0.3 is 0 Å². The normalized spacial score (nSPS) is 20.6. The van der Waals surface area contributed by atoms with Crippen LogP contribution in [-0.4, -0.2) is 54.5 Å². The Morgan fingerprint density at radius 2 is 1.80 bits per heavy atom. The maximum Gasteiger partial charge on any atom is 0.250 e. The number of nitrogens with zero attached hydrogens (tertiary/aromatic N) is 2. The number of hydrogen-bond acceptors (Lipinski definition) is 4. The number of piperazine rings is 1. The molecule has 0 N–H and O–H groups in total. The molecule has 1 aliphatic carbocycles. The number of rotatable bonds is 9. The molecular formula is C24H36N2O4. The summed E-state index contributed by atoms with van der Waals surface area (Å²) in [4.78, 5) is 30.4. The van der Waals surface area contributed by atoms with Crippen LogP contribution in [0.2, 0.25) is 0 Å². The molecule has 1 atom stereocenters. The van der Waals surface area contributed by atoms with E-state index in [1.165, 1.54) is 6.42 Å². The van der Waals surface area contributed by atoms with Crippen LogP contribution in [0.25, 0.3) is 0 Å². The highest BCUT2D eigenvalue weighted by Gasteiger charge is 2.42. The molecule has 1 saturated carbocycles. The maximum absolute atomic E-state index is 13.7. The Hall–Kier alpha value is -2.24. The zero-order valence-electron chi connectivity index (χ0n) is 18.7. The minimum atomic E-state index is -0.589. The van der Waals surface area contributed by atoms with Gasteiger partial charge in [-0.2, -0.15) is 0 Å². The number of unbranched alkanes of at least 4 members (excludes halogenated alkanes) is 1. The van der Waals surface area contributed by atoms with Gasteiger partial charge in [0.05, 0.1) is 13.7 Å². The van der Waals surface area contributed by atoms with Gasteiger partial charge in [-0.15, -0.1) is 0 Å². The molecule has 0 unspecified atom stereocenters. The molecular weight excluding hydrogens is 380 g/mol. The van der Waals surface area contributed by atoms with E-state index in [1.54, 1.807) is 12.0 Å². The second-order valence-electron chi connectivity index (χ2n) is 8.36. The Morgan fingerprint density at radius 1 is 1.03 bits per heavy atom. The van der Waals surface area contributed by atoms with Crippen molar-refractivity contribution in [2.45, 2.75) is 77.3 Å². The van der Waals surface area contributed by atoms with E-state index in [4.69, 9.17) is 9.47 Å². The van der Waals surface area contributed by atoms with E-state index in [-0.39, 0.29) is 24.4 Å². The average molecular weight is 417 g/mol. The van der Waals surface area contributed by atoms with Crippen LogP contribution in [0.3, 0.4) is 0 Å². The van der Waals surface area contributed by atoms with Crippen molar-refractivity contribution < 1.29 is 19.1 Å². The predicted octanol–water partition coefficient (Wildman–Crippen LogP) is 4.33. The van der Waals surface area contributed by atoms with Crippen LogP contribution in [-0.2, 0) is 9.59 Å². The standard InChI is InChI=1S/C24H36N2O4/c1-4-6-14-25-22(27)17-26(19-10-8-7-9-11-19)24(28)23(25)18-12-13-20(30-15-5-2)21(16-18)29-3/h12-13,16,19,23H,4-11,14-15,17H2,1-3H3/t23-/m1/s1. The fraction of sp³-hybridized carbons (Fsp3) is 0.667. The summed E-state index contributed by atoms with van der Waals surface area (Å²) in [5, 5.41) is 0. The Labute approximate surface area is 180 Å². The van der Waals surface area contributed by atoms with Gasteiger partial charge in [0.25, 0.3) is 5.91 Å². The van der Waals surface area contributed by atoms with Crippen molar-refractivity contribution >= 4 is 11.8 Å². The number of benzene rings is 1. The fourth-order valence-corrected chi connectivity index (χ4v) is 4.54. The van der Waals surface area contributed by atoms with Crippen LogP contribution in [0, 0.1) is 0 Å². The molecule has 1 aromatic rings. The molecule has 0 spiro atoms. The summed E-state index contributed by atoms with van der Waals surface area (Å²) in [6.07, 6.45) is 8.23. The largest absolute Gasteiger partial charge is 0.493 e. The van der Waals surface area contributed by atoms with Crippen molar-refractivity contribution in [3.63, 3.8) is 0 Å². The smallest absolute Gasteiger partial charge is 0.250 e. The molecule has 1 aliphatic heterocycles. The Kier molecular flexibility index (Phi) is 8.00. The van der Waals surface area contributed by atoms with E-state index in [2.05, 4.69) is 13.8 Å². The lowest BCUT2D eigenvalue weighted by Gasteiger charge is -2.44. The first-order valence-corrected chi connectivity index (χ1v) is 11.5. The fourth-order valence-electron chi connectivity index (χ4n) is 4.54. The summed E-state index contributed by atoms with van der Waals surface area (Å²) in [6.45, 7) is 5.56. The number of hydrogen-bond donors (Lipinski definition) is 0. The van der Waals surface area contributed by atoms with E-state index in [1.807, 2.05) is 23.1 Å². The lowest BCUT2D eigenvalue weighted by Crippen LogP contribution is -2.58. The lowest BCUT2D eigenvalue weighted by atomic mass is 9.91. The van der Waals surface area contributed by atoms with Crippen molar-refractivity contribution in [2.24, 2.45) is 0 Å². The molecule has 0 radical (unpaired) electrons. The van der Waals surface area contributed by atoms with Gasteiger partial charge in [-0.25, -0.2) is 0 Å². The van der Waals surface area contributed by atoms with Gasteiger partial charge in [-0.05, 0) is 43.4 Å². The summed E-state index contributed by atoms with van der Waals surface area (Å²) >= 11 is 0. The van der Waals surface area contributed by atoms with E-state index in [0.717, 1.165) is 50.5 Å². The quantitative estimate of drug-likeness (QED) is 0.601. The molecule has 1 heterocycles. The molecule has 2 fully saturated rings. The molecule has 2 amide bonds. The predicted molar refractivity (Wildman–Crippen MR) is 117 cm³/mol. The third kappa shape index (κ3) is 4.90. The van der Waals surface area contributed by atoms with Crippen LogP contribution in [0.15, 0.2) is 18.2 Å². The third-order valence-electron chi connectivity index (χ3n) is 6.19. The minimum Gasteiger partial charge on any atom is -0.493 e. The summed E-state index contributed by atoms with van der Waals surface area (Å²) in [7, 11) is 1.61. The monoisotopic (exact) mass is 416 g/mol. The summed E-state index contributed by atoms with van der Waals surface area (Å²) < 4.78 is 11.3. The lowest BCUT2D eigenvalue weighted by molar-refractivity contribution is -0.159. The first-order chi connectivity index (χ1) is 14.6. The molecule has 0 bridgehead atoms. The number of ether oxygens (including phenoxy) is 2. The average Bonchev–Trinajstić information content (AvgIpc) is 2.78. The van der Waals surface area contributed by atoms with Crippen LogP contribution in [0.5, 0.6) is 11.5 Å². The van der Waals surface area contributed by atoms with E-state index in [9.17, 15) is 9.59 Å². The second kappa shape index (κ2) is 10.7. The highest BCUT2D eigenvalue weighted by Crippen LogP contribution is 2.36. The maximum atomic E-state index is 13.7. The third-order valence-corrected chi connectivity index (χ3v) is 6.19. The molecule has 30 heavy (non-hydrogen) atoms.